The molecular formula is C18H15FN4O3S. The number of rotatable bonds is 5. The average Bonchev–Trinajstić information content (AvgIpc) is 2.99. The highest BCUT2D eigenvalue weighted by atomic mass is 32.1. The maximum Gasteiger partial charge on any atom is 0.274 e. The molecule has 9 heteroatoms. The molecule has 1 amide bonds. The number of aromatic nitrogens is 1. The number of nitrogens with one attached hydrogen (secondary N) is 2. The Labute approximate surface area is 158 Å². The van der Waals surface area contributed by atoms with E-state index < -0.39 is 10.8 Å². The molecule has 0 unspecified atom stereocenters. The van der Waals surface area contributed by atoms with Gasteiger partial charge in [0.2, 0.25) is 0 Å². The van der Waals surface area contributed by atoms with Gasteiger partial charge in [-0.25, -0.2) is 9.37 Å². The second-order valence-electron chi connectivity index (χ2n) is 5.73. The summed E-state index contributed by atoms with van der Waals surface area (Å²) in [6.07, 6.45) is 0. The number of carbonyl (C=O) groups excluding carboxylic acids is 1. The van der Waals surface area contributed by atoms with Crippen molar-refractivity contribution in [3.8, 4) is 0 Å². The summed E-state index contributed by atoms with van der Waals surface area (Å²) in [6.45, 7) is 3.27. The predicted molar refractivity (Wildman–Crippen MR) is 102 cm³/mol. The van der Waals surface area contributed by atoms with E-state index in [1.54, 1.807) is 32.0 Å². The van der Waals surface area contributed by atoms with Crippen molar-refractivity contribution >= 4 is 39.4 Å². The van der Waals surface area contributed by atoms with Crippen LogP contribution in [0.5, 0.6) is 0 Å². The summed E-state index contributed by atoms with van der Waals surface area (Å²) in [5, 5.41) is 17.2. The van der Waals surface area contributed by atoms with Gasteiger partial charge < -0.3 is 10.6 Å². The third-order valence-electron chi connectivity index (χ3n) is 3.85. The predicted octanol–water partition coefficient (Wildman–Crippen LogP) is 4.80. The molecule has 0 saturated carbocycles. The maximum absolute atomic E-state index is 13.0. The Bertz CT molecular complexity index is 1020. The number of amides is 1. The number of nitro benzene ring substituents is 1. The fourth-order valence-electron chi connectivity index (χ4n) is 2.45. The minimum absolute atomic E-state index is 0.0625. The first-order valence-corrected chi connectivity index (χ1v) is 8.72. The summed E-state index contributed by atoms with van der Waals surface area (Å²) in [6, 6.07) is 10.3. The molecule has 0 bridgehead atoms. The van der Waals surface area contributed by atoms with E-state index in [2.05, 4.69) is 15.6 Å². The van der Waals surface area contributed by atoms with Crippen molar-refractivity contribution in [2.24, 2.45) is 0 Å². The van der Waals surface area contributed by atoms with E-state index in [1.165, 1.54) is 24.3 Å². The molecule has 1 aromatic heterocycles. The standard InChI is InChI=1S/C18H15FN4O3S/c1-10-14(4-3-5-15(10)23(25)26)22-17(24)16-11(2)20-18(27-16)21-13-8-6-12(19)7-9-13/h3-9H,1-2H3,(H,20,21)(H,22,24). The van der Waals surface area contributed by atoms with Crippen molar-refractivity contribution in [3.63, 3.8) is 0 Å². The summed E-state index contributed by atoms with van der Waals surface area (Å²) in [7, 11) is 0. The molecule has 2 N–H and O–H groups in total. The lowest BCUT2D eigenvalue weighted by Crippen LogP contribution is -2.13. The van der Waals surface area contributed by atoms with Gasteiger partial charge in [-0.3, -0.25) is 14.9 Å². The lowest BCUT2D eigenvalue weighted by atomic mass is 10.1. The van der Waals surface area contributed by atoms with Crippen LogP contribution in [0.4, 0.5) is 26.6 Å². The molecule has 2 aromatic carbocycles. The number of aryl methyl sites for hydroxylation is 1. The van der Waals surface area contributed by atoms with E-state index in [0.29, 0.717) is 32.6 Å². The van der Waals surface area contributed by atoms with Gasteiger partial charge in [0.05, 0.1) is 21.9 Å². The lowest BCUT2D eigenvalue weighted by molar-refractivity contribution is -0.385. The maximum atomic E-state index is 13.0. The molecule has 0 spiro atoms. The summed E-state index contributed by atoms with van der Waals surface area (Å²) in [5.74, 6) is -0.746. The van der Waals surface area contributed by atoms with Gasteiger partial charge in [0.15, 0.2) is 5.13 Å². The fraction of sp³-hybridized carbons (Fsp3) is 0.111. The zero-order valence-corrected chi connectivity index (χ0v) is 15.3. The van der Waals surface area contributed by atoms with Crippen LogP contribution in [0.1, 0.15) is 20.9 Å². The van der Waals surface area contributed by atoms with Gasteiger partial charge in [-0.2, -0.15) is 0 Å². The molecule has 3 rings (SSSR count). The number of nitrogens with zero attached hydrogens (tertiary/aromatic N) is 2. The zero-order valence-electron chi connectivity index (χ0n) is 14.4. The Morgan fingerprint density at radius 3 is 2.56 bits per heavy atom. The molecule has 1 heterocycles. The van der Waals surface area contributed by atoms with Crippen LogP contribution < -0.4 is 10.6 Å². The van der Waals surface area contributed by atoms with Crippen LogP contribution in [0.2, 0.25) is 0 Å². The molecule has 0 aliphatic carbocycles. The monoisotopic (exact) mass is 386 g/mol. The highest BCUT2D eigenvalue weighted by Gasteiger charge is 2.19. The summed E-state index contributed by atoms with van der Waals surface area (Å²) < 4.78 is 13.0. The number of benzene rings is 2. The highest BCUT2D eigenvalue weighted by molar-refractivity contribution is 7.17. The molecule has 0 saturated heterocycles. The Morgan fingerprint density at radius 2 is 1.89 bits per heavy atom. The van der Waals surface area contributed by atoms with Crippen LogP contribution in [0.25, 0.3) is 0 Å². The third-order valence-corrected chi connectivity index (χ3v) is 4.92. The van der Waals surface area contributed by atoms with Gasteiger partial charge in [0.1, 0.15) is 10.7 Å². The summed E-state index contributed by atoms with van der Waals surface area (Å²) >= 11 is 1.14. The quantitative estimate of drug-likeness (QED) is 0.485. The molecule has 7 nitrogen and oxygen atoms in total. The first-order valence-electron chi connectivity index (χ1n) is 7.90. The van der Waals surface area contributed by atoms with Gasteiger partial charge in [-0.05, 0) is 44.2 Å². The van der Waals surface area contributed by atoms with Gasteiger partial charge in [0, 0.05) is 11.8 Å². The topological polar surface area (TPSA) is 97.2 Å². The normalized spacial score (nSPS) is 10.5. The highest BCUT2D eigenvalue weighted by Crippen LogP contribution is 2.29. The van der Waals surface area contributed by atoms with E-state index in [1.807, 2.05) is 0 Å². The smallest absolute Gasteiger partial charge is 0.274 e. The Morgan fingerprint density at radius 1 is 1.19 bits per heavy atom. The second-order valence-corrected chi connectivity index (χ2v) is 6.73. The van der Waals surface area contributed by atoms with Crippen molar-refractivity contribution in [1.82, 2.24) is 4.98 Å². The third kappa shape index (κ3) is 4.09. The van der Waals surface area contributed by atoms with Crippen LogP contribution in [-0.2, 0) is 0 Å². The van der Waals surface area contributed by atoms with Crippen LogP contribution in [0.15, 0.2) is 42.5 Å². The summed E-state index contributed by atoms with van der Waals surface area (Å²) in [4.78, 5) is 27.8. The Balaban J connectivity index is 1.80. The number of nitro groups is 1. The van der Waals surface area contributed by atoms with E-state index in [0.717, 1.165) is 11.3 Å². The molecule has 0 aliphatic rings. The van der Waals surface area contributed by atoms with Crippen molar-refractivity contribution in [2.75, 3.05) is 10.6 Å². The largest absolute Gasteiger partial charge is 0.332 e. The van der Waals surface area contributed by atoms with Crippen molar-refractivity contribution in [3.05, 3.63) is 74.5 Å². The molecule has 3 aromatic rings. The molecule has 138 valence electrons. The SMILES string of the molecule is Cc1nc(Nc2ccc(F)cc2)sc1C(=O)Nc1cccc([N+](=O)[O-])c1C. The zero-order chi connectivity index (χ0) is 19.6. The van der Waals surface area contributed by atoms with Crippen molar-refractivity contribution in [2.45, 2.75) is 13.8 Å². The van der Waals surface area contributed by atoms with E-state index in [4.69, 9.17) is 0 Å². The number of hydrogen-bond donors (Lipinski definition) is 2. The molecule has 27 heavy (non-hydrogen) atoms. The molecule has 0 atom stereocenters. The Hall–Kier alpha value is -3.33. The lowest BCUT2D eigenvalue weighted by Gasteiger charge is -2.07. The average molecular weight is 386 g/mol. The van der Waals surface area contributed by atoms with Crippen LogP contribution >= 0.6 is 11.3 Å². The van der Waals surface area contributed by atoms with Gasteiger partial charge in [0.25, 0.3) is 11.6 Å². The first kappa shape index (κ1) is 18.5. The van der Waals surface area contributed by atoms with Gasteiger partial charge >= 0.3 is 0 Å². The molecule has 0 radical (unpaired) electrons. The van der Waals surface area contributed by atoms with E-state index >= 15 is 0 Å². The van der Waals surface area contributed by atoms with Crippen molar-refractivity contribution < 1.29 is 14.1 Å². The minimum Gasteiger partial charge on any atom is -0.332 e. The number of thiazole rings is 1. The van der Waals surface area contributed by atoms with E-state index in [-0.39, 0.29) is 11.5 Å². The number of anilines is 3. The van der Waals surface area contributed by atoms with Crippen LogP contribution in [-0.4, -0.2) is 15.8 Å². The number of hydrogen-bond acceptors (Lipinski definition) is 6. The number of carbonyl (C=O) groups is 1. The number of halogens is 1. The van der Waals surface area contributed by atoms with Gasteiger partial charge in [-0.1, -0.05) is 17.4 Å². The molecule has 0 fully saturated rings. The Kier molecular flexibility index (Phi) is 5.13. The van der Waals surface area contributed by atoms with Crippen LogP contribution in [0, 0.1) is 29.8 Å². The van der Waals surface area contributed by atoms with E-state index in [9.17, 15) is 19.3 Å². The van der Waals surface area contributed by atoms with Crippen LogP contribution in [0.3, 0.4) is 0 Å². The minimum atomic E-state index is -0.492. The van der Waals surface area contributed by atoms with Gasteiger partial charge in [-0.15, -0.1) is 0 Å². The fourth-order valence-corrected chi connectivity index (χ4v) is 3.33. The molecular weight excluding hydrogens is 371 g/mol. The second kappa shape index (κ2) is 7.50. The van der Waals surface area contributed by atoms with Crippen molar-refractivity contribution in [1.29, 1.82) is 0 Å². The summed E-state index contributed by atoms with van der Waals surface area (Å²) in [5.41, 5.74) is 1.85. The first-order chi connectivity index (χ1) is 12.8. The molecule has 0 aliphatic heterocycles.